The number of rotatable bonds is 2. The first-order valence-electron chi connectivity index (χ1n) is 8.61. The predicted molar refractivity (Wildman–Crippen MR) is 92.1 cm³/mol. The predicted octanol–water partition coefficient (Wildman–Crippen LogP) is 2.38. The SMILES string of the molecule is CC(C)c1ccc(N2CCN(C(=O)N3CCOCC3)CC2)cc1. The topological polar surface area (TPSA) is 36.0 Å². The number of hydrogen-bond acceptors (Lipinski definition) is 3. The second-order valence-corrected chi connectivity index (χ2v) is 6.60. The molecule has 1 aromatic rings. The van der Waals surface area contributed by atoms with Gasteiger partial charge in [-0.15, -0.1) is 0 Å². The van der Waals surface area contributed by atoms with Crippen molar-refractivity contribution in [1.29, 1.82) is 0 Å². The minimum absolute atomic E-state index is 0.170. The van der Waals surface area contributed by atoms with E-state index in [-0.39, 0.29) is 6.03 Å². The van der Waals surface area contributed by atoms with Crippen molar-refractivity contribution in [3.63, 3.8) is 0 Å². The number of carbonyl (C=O) groups excluding carboxylic acids is 1. The highest BCUT2D eigenvalue weighted by Gasteiger charge is 2.26. The van der Waals surface area contributed by atoms with Crippen LogP contribution in [0.15, 0.2) is 24.3 Å². The molecule has 0 aliphatic carbocycles. The van der Waals surface area contributed by atoms with Crippen LogP contribution >= 0.6 is 0 Å². The maximum Gasteiger partial charge on any atom is 0.320 e. The summed E-state index contributed by atoms with van der Waals surface area (Å²) >= 11 is 0. The van der Waals surface area contributed by atoms with Crippen molar-refractivity contribution in [2.45, 2.75) is 19.8 Å². The first kappa shape index (κ1) is 16.1. The second-order valence-electron chi connectivity index (χ2n) is 6.60. The van der Waals surface area contributed by atoms with E-state index in [9.17, 15) is 4.79 Å². The maximum atomic E-state index is 12.5. The van der Waals surface area contributed by atoms with E-state index in [0.29, 0.717) is 19.1 Å². The van der Waals surface area contributed by atoms with E-state index in [0.717, 1.165) is 39.3 Å². The van der Waals surface area contributed by atoms with Crippen molar-refractivity contribution in [1.82, 2.24) is 9.80 Å². The molecule has 0 atom stereocenters. The van der Waals surface area contributed by atoms with E-state index in [1.54, 1.807) is 0 Å². The molecule has 2 amide bonds. The summed E-state index contributed by atoms with van der Waals surface area (Å²) in [6, 6.07) is 9.00. The third kappa shape index (κ3) is 3.78. The molecule has 0 spiro atoms. The molecule has 0 radical (unpaired) electrons. The fourth-order valence-corrected chi connectivity index (χ4v) is 3.18. The van der Waals surface area contributed by atoms with Gasteiger partial charge in [0, 0.05) is 45.0 Å². The van der Waals surface area contributed by atoms with Gasteiger partial charge in [0.1, 0.15) is 0 Å². The normalized spacial score (nSPS) is 19.3. The number of ether oxygens (including phenoxy) is 1. The number of hydrogen-bond donors (Lipinski definition) is 0. The summed E-state index contributed by atoms with van der Waals surface area (Å²) in [6.45, 7) is 10.6. The number of urea groups is 1. The number of carbonyl (C=O) groups is 1. The molecular formula is C18H27N3O2. The highest BCUT2D eigenvalue weighted by molar-refractivity contribution is 5.75. The Hall–Kier alpha value is -1.75. The standard InChI is InChI=1S/C18H27N3O2/c1-15(2)16-3-5-17(6-4-16)19-7-9-20(10-8-19)18(22)21-11-13-23-14-12-21/h3-6,15H,7-14H2,1-2H3. The van der Waals surface area contributed by atoms with Crippen molar-refractivity contribution in [2.75, 3.05) is 57.4 Å². The zero-order valence-electron chi connectivity index (χ0n) is 14.2. The van der Waals surface area contributed by atoms with Crippen LogP contribution in [-0.4, -0.2) is 68.3 Å². The average Bonchev–Trinajstić information content (AvgIpc) is 2.62. The molecular weight excluding hydrogens is 290 g/mol. The van der Waals surface area contributed by atoms with Crippen LogP contribution < -0.4 is 4.90 Å². The molecule has 2 fully saturated rings. The van der Waals surface area contributed by atoms with Crippen LogP contribution in [0.4, 0.5) is 10.5 Å². The zero-order chi connectivity index (χ0) is 16.2. The zero-order valence-corrected chi connectivity index (χ0v) is 14.2. The van der Waals surface area contributed by atoms with Crippen molar-refractivity contribution < 1.29 is 9.53 Å². The van der Waals surface area contributed by atoms with Crippen LogP contribution in [0.25, 0.3) is 0 Å². The van der Waals surface area contributed by atoms with Gasteiger partial charge in [0.05, 0.1) is 13.2 Å². The Morgan fingerprint density at radius 1 is 0.913 bits per heavy atom. The number of amides is 2. The van der Waals surface area contributed by atoms with Gasteiger partial charge < -0.3 is 19.4 Å². The Kier molecular flexibility index (Phi) is 5.06. The maximum absolute atomic E-state index is 12.5. The first-order valence-corrected chi connectivity index (χ1v) is 8.61. The molecule has 0 unspecified atom stereocenters. The number of nitrogens with zero attached hydrogens (tertiary/aromatic N) is 3. The quantitative estimate of drug-likeness (QED) is 0.840. The minimum atomic E-state index is 0.170. The molecule has 2 heterocycles. The fraction of sp³-hybridized carbons (Fsp3) is 0.611. The Bertz CT molecular complexity index is 516. The van der Waals surface area contributed by atoms with Gasteiger partial charge in [-0.1, -0.05) is 26.0 Å². The minimum Gasteiger partial charge on any atom is -0.378 e. The Morgan fingerprint density at radius 2 is 1.48 bits per heavy atom. The average molecular weight is 317 g/mol. The third-order valence-corrected chi connectivity index (χ3v) is 4.76. The molecule has 1 aromatic carbocycles. The van der Waals surface area contributed by atoms with Crippen LogP contribution in [0, 0.1) is 0 Å². The Labute approximate surface area is 138 Å². The molecule has 0 aromatic heterocycles. The number of benzene rings is 1. The third-order valence-electron chi connectivity index (χ3n) is 4.76. The van der Waals surface area contributed by atoms with Gasteiger partial charge in [-0.2, -0.15) is 0 Å². The summed E-state index contributed by atoms with van der Waals surface area (Å²) in [6.07, 6.45) is 0. The lowest BCUT2D eigenvalue weighted by Crippen LogP contribution is -2.54. The van der Waals surface area contributed by atoms with E-state index in [4.69, 9.17) is 4.74 Å². The number of morpholine rings is 1. The molecule has 2 saturated heterocycles. The summed E-state index contributed by atoms with van der Waals surface area (Å²) in [7, 11) is 0. The van der Waals surface area contributed by atoms with E-state index in [2.05, 4.69) is 43.0 Å². The van der Waals surface area contributed by atoms with Gasteiger partial charge in [-0.3, -0.25) is 0 Å². The highest BCUT2D eigenvalue weighted by atomic mass is 16.5. The Morgan fingerprint density at radius 3 is 2.04 bits per heavy atom. The second kappa shape index (κ2) is 7.21. The fourth-order valence-electron chi connectivity index (χ4n) is 3.18. The molecule has 0 bridgehead atoms. The molecule has 0 saturated carbocycles. The van der Waals surface area contributed by atoms with Gasteiger partial charge in [-0.05, 0) is 23.6 Å². The van der Waals surface area contributed by atoms with E-state index >= 15 is 0 Å². The van der Waals surface area contributed by atoms with Crippen LogP contribution in [0.2, 0.25) is 0 Å². The lowest BCUT2D eigenvalue weighted by atomic mass is 10.0. The van der Waals surface area contributed by atoms with Crippen molar-refractivity contribution >= 4 is 11.7 Å². The molecule has 3 rings (SSSR count). The van der Waals surface area contributed by atoms with Gasteiger partial charge in [0.15, 0.2) is 0 Å². The van der Waals surface area contributed by atoms with Crippen LogP contribution in [0.5, 0.6) is 0 Å². The lowest BCUT2D eigenvalue weighted by molar-refractivity contribution is 0.0428. The molecule has 0 N–H and O–H groups in total. The molecule has 2 aliphatic heterocycles. The van der Waals surface area contributed by atoms with E-state index < -0.39 is 0 Å². The summed E-state index contributed by atoms with van der Waals surface area (Å²) in [4.78, 5) is 18.8. The monoisotopic (exact) mass is 317 g/mol. The summed E-state index contributed by atoms with van der Waals surface area (Å²) < 4.78 is 5.32. The molecule has 5 nitrogen and oxygen atoms in total. The summed E-state index contributed by atoms with van der Waals surface area (Å²) in [5.74, 6) is 0.562. The van der Waals surface area contributed by atoms with Crippen molar-refractivity contribution in [3.05, 3.63) is 29.8 Å². The van der Waals surface area contributed by atoms with Gasteiger partial charge >= 0.3 is 6.03 Å². The number of anilines is 1. The van der Waals surface area contributed by atoms with E-state index in [1.807, 2.05) is 9.80 Å². The smallest absolute Gasteiger partial charge is 0.320 e. The molecule has 2 aliphatic rings. The van der Waals surface area contributed by atoms with E-state index in [1.165, 1.54) is 11.3 Å². The molecule has 5 heteroatoms. The van der Waals surface area contributed by atoms with Gasteiger partial charge in [-0.25, -0.2) is 4.79 Å². The van der Waals surface area contributed by atoms with Crippen LogP contribution in [0.1, 0.15) is 25.3 Å². The highest BCUT2D eigenvalue weighted by Crippen LogP contribution is 2.21. The summed E-state index contributed by atoms with van der Waals surface area (Å²) in [5, 5.41) is 0. The van der Waals surface area contributed by atoms with Crippen LogP contribution in [-0.2, 0) is 4.74 Å². The summed E-state index contributed by atoms with van der Waals surface area (Å²) in [5.41, 5.74) is 2.63. The van der Waals surface area contributed by atoms with Crippen LogP contribution in [0.3, 0.4) is 0 Å². The molecule has 126 valence electrons. The first-order chi connectivity index (χ1) is 11.1. The van der Waals surface area contributed by atoms with Gasteiger partial charge in [0.2, 0.25) is 0 Å². The van der Waals surface area contributed by atoms with Gasteiger partial charge in [0.25, 0.3) is 0 Å². The Balaban J connectivity index is 1.54. The van der Waals surface area contributed by atoms with Crippen molar-refractivity contribution in [3.8, 4) is 0 Å². The number of piperazine rings is 1. The molecule has 23 heavy (non-hydrogen) atoms. The van der Waals surface area contributed by atoms with Crippen molar-refractivity contribution in [2.24, 2.45) is 0 Å². The largest absolute Gasteiger partial charge is 0.378 e. The lowest BCUT2D eigenvalue weighted by Gasteiger charge is -2.39.